The molecule has 2 unspecified atom stereocenters. The minimum Gasteiger partial charge on any atom is -0.383 e. The van der Waals surface area contributed by atoms with Crippen LogP contribution in [0.4, 0.5) is 0 Å². The van der Waals surface area contributed by atoms with Crippen molar-refractivity contribution in [1.29, 1.82) is 0 Å². The highest BCUT2D eigenvalue weighted by Crippen LogP contribution is 2.20. The summed E-state index contributed by atoms with van der Waals surface area (Å²) in [5, 5.41) is 11.5. The molecule has 1 aliphatic heterocycles. The van der Waals surface area contributed by atoms with Gasteiger partial charge in [-0.3, -0.25) is 4.79 Å². The second-order valence-electron chi connectivity index (χ2n) is 5.47. The summed E-state index contributed by atoms with van der Waals surface area (Å²) in [6, 6.07) is -0.810. The number of hydrogen-bond donors (Lipinski definition) is 2. The van der Waals surface area contributed by atoms with E-state index in [1.807, 2.05) is 6.92 Å². The maximum atomic E-state index is 12.1. The first-order valence-electron chi connectivity index (χ1n) is 7.64. The summed E-state index contributed by atoms with van der Waals surface area (Å²) < 4.78 is 7.07. The van der Waals surface area contributed by atoms with Crippen LogP contribution in [-0.4, -0.2) is 40.4 Å². The zero-order valence-electron chi connectivity index (χ0n) is 12.8. The van der Waals surface area contributed by atoms with Crippen LogP contribution in [0.25, 0.3) is 0 Å². The molecule has 21 heavy (non-hydrogen) atoms. The minimum absolute atomic E-state index is 0.153. The number of carbonyl (C=O) groups is 1. The Balaban J connectivity index is 2.11. The Kier molecular flexibility index (Phi) is 5.69. The molecule has 0 saturated heterocycles. The fourth-order valence-corrected chi connectivity index (χ4v) is 2.65. The molecule has 7 heteroatoms. The molecule has 118 valence electrons. The molecular weight excluding hydrogens is 270 g/mol. The molecule has 0 spiro atoms. The Labute approximate surface area is 125 Å². The average molecular weight is 295 g/mol. The van der Waals surface area contributed by atoms with Crippen molar-refractivity contribution in [3.05, 3.63) is 11.6 Å². The summed E-state index contributed by atoms with van der Waals surface area (Å²) >= 11 is 0. The van der Waals surface area contributed by atoms with Crippen molar-refractivity contribution >= 4 is 5.91 Å². The van der Waals surface area contributed by atoms with Crippen LogP contribution >= 0.6 is 0 Å². The van der Waals surface area contributed by atoms with Gasteiger partial charge in [0.15, 0.2) is 5.82 Å². The second-order valence-corrected chi connectivity index (χ2v) is 5.47. The van der Waals surface area contributed by atoms with Gasteiger partial charge in [-0.15, -0.1) is 10.2 Å². The van der Waals surface area contributed by atoms with E-state index in [9.17, 15) is 4.79 Å². The summed E-state index contributed by atoms with van der Waals surface area (Å²) in [4.78, 5) is 12.1. The lowest BCUT2D eigenvalue weighted by atomic mass is 10.2. The van der Waals surface area contributed by atoms with E-state index in [0.717, 1.165) is 43.9 Å². The maximum Gasteiger partial charge on any atom is 0.239 e. The second kappa shape index (κ2) is 7.51. The topological polar surface area (TPSA) is 95.1 Å². The number of aryl methyl sites for hydroxylation is 1. The van der Waals surface area contributed by atoms with Crippen LogP contribution in [0.3, 0.4) is 0 Å². The van der Waals surface area contributed by atoms with Gasteiger partial charge in [0.2, 0.25) is 5.91 Å². The van der Waals surface area contributed by atoms with E-state index in [1.54, 1.807) is 0 Å². The molecule has 3 N–H and O–H groups in total. The average Bonchev–Trinajstić information content (AvgIpc) is 2.73. The van der Waals surface area contributed by atoms with Crippen molar-refractivity contribution in [3.8, 4) is 0 Å². The third-order valence-corrected chi connectivity index (χ3v) is 3.86. The van der Waals surface area contributed by atoms with Crippen LogP contribution in [0.15, 0.2) is 0 Å². The highest BCUT2D eigenvalue weighted by Gasteiger charge is 2.24. The quantitative estimate of drug-likeness (QED) is 0.799. The molecule has 0 bridgehead atoms. The van der Waals surface area contributed by atoms with E-state index in [0.29, 0.717) is 0 Å². The van der Waals surface area contributed by atoms with Gasteiger partial charge in [-0.25, -0.2) is 0 Å². The van der Waals surface area contributed by atoms with Gasteiger partial charge in [-0.2, -0.15) is 0 Å². The molecule has 1 aromatic heterocycles. The van der Waals surface area contributed by atoms with Gasteiger partial charge in [-0.05, 0) is 19.3 Å². The predicted octanol–water partition coefficient (Wildman–Crippen LogP) is 0.546. The van der Waals surface area contributed by atoms with Crippen molar-refractivity contribution in [2.75, 3.05) is 13.7 Å². The number of nitrogens with two attached hydrogens (primary N) is 1. The zero-order valence-corrected chi connectivity index (χ0v) is 12.8. The number of fused-ring (bicyclic) bond motifs is 1. The number of amides is 1. The monoisotopic (exact) mass is 295 g/mol. The largest absolute Gasteiger partial charge is 0.383 e. The van der Waals surface area contributed by atoms with Gasteiger partial charge < -0.3 is 20.4 Å². The maximum absolute atomic E-state index is 12.1. The van der Waals surface area contributed by atoms with E-state index < -0.39 is 6.04 Å². The van der Waals surface area contributed by atoms with Gasteiger partial charge in [0.25, 0.3) is 0 Å². The lowest BCUT2D eigenvalue weighted by Crippen LogP contribution is -2.45. The first kappa shape index (κ1) is 15.9. The molecule has 0 radical (unpaired) electrons. The van der Waals surface area contributed by atoms with E-state index in [-0.39, 0.29) is 18.6 Å². The Hall–Kier alpha value is -1.47. The Morgan fingerprint density at radius 2 is 2.24 bits per heavy atom. The summed E-state index contributed by atoms with van der Waals surface area (Å²) in [5.41, 5.74) is 5.77. The van der Waals surface area contributed by atoms with Crippen molar-refractivity contribution in [1.82, 2.24) is 20.1 Å². The number of nitrogens with zero attached hydrogens (tertiary/aromatic N) is 3. The van der Waals surface area contributed by atoms with Gasteiger partial charge >= 0.3 is 0 Å². The first-order valence-corrected chi connectivity index (χ1v) is 7.64. The van der Waals surface area contributed by atoms with Crippen LogP contribution in [0.1, 0.15) is 50.3 Å². The highest BCUT2D eigenvalue weighted by molar-refractivity contribution is 5.81. The molecule has 0 fully saturated rings. The fourth-order valence-electron chi connectivity index (χ4n) is 2.65. The molecule has 1 aliphatic rings. The smallest absolute Gasteiger partial charge is 0.239 e. The van der Waals surface area contributed by atoms with E-state index in [2.05, 4.69) is 20.1 Å². The summed E-state index contributed by atoms with van der Waals surface area (Å²) in [7, 11) is 1.53. The molecular formula is C14H25N5O2. The molecule has 2 heterocycles. The SMILES string of the molecule is CCC(NC(=O)C(N)COC)c1nnc2n1CCCCC2. The van der Waals surface area contributed by atoms with Gasteiger partial charge in [0.1, 0.15) is 11.9 Å². The van der Waals surface area contributed by atoms with Gasteiger partial charge in [-0.1, -0.05) is 13.3 Å². The Morgan fingerprint density at radius 3 is 2.95 bits per heavy atom. The number of aromatic nitrogens is 3. The lowest BCUT2D eigenvalue weighted by molar-refractivity contribution is -0.124. The van der Waals surface area contributed by atoms with Crippen molar-refractivity contribution < 1.29 is 9.53 Å². The van der Waals surface area contributed by atoms with Crippen LogP contribution in [0, 0.1) is 0 Å². The van der Waals surface area contributed by atoms with Crippen LogP contribution in [0.5, 0.6) is 0 Å². The molecule has 2 rings (SSSR count). The van der Waals surface area contributed by atoms with E-state index >= 15 is 0 Å². The van der Waals surface area contributed by atoms with Gasteiger partial charge in [0, 0.05) is 20.1 Å². The minimum atomic E-state index is -0.657. The Morgan fingerprint density at radius 1 is 1.43 bits per heavy atom. The molecule has 7 nitrogen and oxygen atoms in total. The third kappa shape index (κ3) is 3.79. The highest BCUT2D eigenvalue weighted by atomic mass is 16.5. The standard InChI is InChI=1S/C14H25N5O2/c1-3-11(16-14(20)10(15)9-21-2)13-18-17-12-7-5-4-6-8-19(12)13/h10-11H,3-9,15H2,1-2H3,(H,16,20). The summed E-state index contributed by atoms with van der Waals surface area (Å²) in [6.07, 6.45) is 5.21. The summed E-state index contributed by atoms with van der Waals surface area (Å²) in [5.74, 6) is 1.65. The Bertz CT molecular complexity index is 474. The van der Waals surface area contributed by atoms with Crippen molar-refractivity contribution in [3.63, 3.8) is 0 Å². The fraction of sp³-hybridized carbons (Fsp3) is 0.786. The molecule has 0 saturated carbocycles. The van der Waals surface area contributed by atoms with Crippen LogP contribution in [0.2, 0.25) is 0 Å². The first-order chi connectivity index (χ1) is 10.2. The van der Waals surface area contributed by atoms with Crippen LogP contribution in [-0.2, 0) is 22.5 Å². The number of carbonyl (C=O) groups excluding carboxylic acids is 1. The van der Waals surface area contributed by atoms with E-state index in [1.165, 1.54) is 13.5 Å². The normalized spacial score (nSPS) is 17.7. The molecule has 0 aliphatic carbocycles. The van der Waals surface area contributed by atoms with E-state index in [4.69, 9.17) is 10.5 Å². The number of nitrogens with one attached hydrogen (secondary N) is 1. The number of hydrogen-bond acceptors (Lipinski definition) is 5. The van der Waals surface area contributed by atoms with Crippen molar-refractivity contribution in [2.45, 2.75) is 57.7 Å². The number of methoxy groups -OCH3 is 1. The summed E-state index contributed by atoms with van der Waals surface area (Å²) in [6.45, 7) is 3.15. The molecule has 1 amide bonds. The zero-order chi connectivity index (χ0) is 15.2. The van der Waals surface area contributed by atoms with Crippen LogP contribution < -0.4 is 11.1 Å². The molecule has 0 aromatic carbocycles. The predicted molar refractivity (Wildman–Crippen MR) is 78.6 cm³/mol. The molecule has 1 aromatic rings. The van der Waals surface area contributed by atoms with Crippen molar-refractivity contribution in [2.24, 2.45) is 5.73 Å². The number of rotatable bonds is 6. The number of ether oxygens (including phenoxy) is 1. The molecule has 2 atom stereocenters. The third-order valence-electron chi connectivity index (χ3n) is 3.86. The lowest BCUT2D eigenvalue weighted by Gasteiger charge is -2.20. The van der Waals surface area contributed by atoms with Gasteiger partial charge in [0.05, 0.1) is 12.6 Å².